The van der Waals surface area contributed by atoms with Gasteiger partial charge in [0.05, 0.1) is 11.9 Å². The fourth-order valence-electron chi connectivity index (χ4n) is 1.46. The molecule has 0 atom stereocenters. The Kier molecular flexibility index (Phi) is 6.76. The van der Waals surface area contributed by atoms with E-state index in [1.54, 1.807) is 6.21 Å². The third kappa shape index (κ3) is 5.03. The molecule has 0 radical (unpaired) electrons. The highest BCUT2D eigenvalue weighted by Gasteiger charge is 1.98. The lowest BCUT2D eigenvalue weighted by molar-refractivity contribution is -0.357. The Labute approximate surface area is 132 Å². The molecule has 2 aromatic carbocycles. The molecule has 0 aliphatic rings. The van der Waals surface area contributed by atoms with E-state index in [2.05, 4.69) is 31.4 Å². The van der Waals surface area contributed by atoms with E-state index >= 15 is 0 Å². The predicted octanol–water partition coefficient (Wildman–Crippen LogP) is -1.90. The molecular weight excluding hydrogens is 340 g/mol. The molecule has 4 N–H and O–H groups in total. The summed E-state index contributed by atoms with van der Waals surface area (Å²) in [5.74, 6) is 0.370. The van der Waals surface area contributed by atoms with Crippen LogP contribution >= 0.6 is 15.9 Å². The molecule has 0 unspecified atom stereocenters. The summed E-state index contributed by atoms with van der Waals surface area (Å²) in [6.07, 6.45) is 1.70. The molecule has 2 rings (SSSR count). The monoisotopic (exact) mass is 352 g/mol. The molecule has 4 nitrogen and oxygen atoms in total. The summed E-state index contributed by atoms with van der Waals surface area (Å²) in [6, 6.07) is 17.5. The zero-order valence-corrected chi connectivity index (χ0v) is 12.9. The number of hydrogen-bond donors (Lipinski definition) is 3. The van der Waals surface area contributed by atoms with Gasteiger partial charge in [0.1, 0.15) is 0 Å². The van der Waals surface area contributed by atoms with E-state index in [0.717, 1.165) is 15.7 Å². The van der Waals surface area contributed by atoms with Gasteiger partial charge in [-0.15, -0.1) is 5.10 Å². The minimum atomic E-state index is 0. The number of nitrogens with two attached hydrogens (primary N) is 1. The molecule has 20 heavy (non-hydrogen) atoms. The van der Waals surface area contributed by atoms with E-state index in [4.69, 9.17) is 5.73 Å². The van der Waals surface area contributed by atoms with Crippen molar-refractivity contribution in [2.24, 2.45) is 10.8 Å². The Balaban J connectivity index is 0.00000200. The van der Waals surface area contributed by atoms with Crippen LogP contribution < -0.4 is 28.6 Å². The standard InChI is InChI=1S/C14H13BrN4.ClH/c15-13-9-5-4-6-11(13)10-17-19-14(16)18-12-7-2-1-3-8-12;/h1-10H,(H3,16,18,19);1H. The maximum atomic E-state index is 5.78. The van der Waals surface area contributed by atoms with Gasteiger partial charge in [0.25, 0.3) is 0 Å². The van der Waals surface area contributed by atoms with Crippen molar-refractivity contribution in [2.45, 2.75) is 0 Å². The van der Waals surface area contributed by atoms with Crippen LogP contribution in [0.4, 0.5) is 5.69 Å². The number of benzene rings is 2. The van der Waals surface area contributed by atoms with Crippen LogP contribution in [0.15, 0.2) is 64.2 Å². The van der Waals surface area contributed by atoms with E-state index in [1.807, 2.05) is 54.6 Å². The van der Waals surface area contributed by atoms with Crippen LogP contribution in [0.3, 0.4) is 0 Å². The van der Waals surface area contributed by atoms with Gasteiger partial charge in [-0.25, -0.2) is 4.99 Å². The van der Waals surface area contributed by atoms with Crippen LogP contribution in [0.5, 0.6) is 0 Å². The first kappa shape index (κ1) is 16.2. The number of nitrogens with one attached hydrogen (secondary N) is 2. The van der Waals surface area contributed by atoms with Crippen molar-refractivity contribution in [3.8, 4) is 0 Å². The van der Waals surface area contributed by atoms with Gasteiger partial charge in [0.2, 0.25) is 0 Å². The van der Waals surface area contributed by atoms with Crippen LogP contribution in [0.25, 0.3) is 0 Å². The van der Waals surface area contributed by atoms with Crippen molar-refractivity contribution >= 4 is 33.8 Å². The molecule has 0 saturated heterocycles. The largest absolute Gasteiger partial charge is 1.00 e. The van der Waals surface area contributed by atoms with Crippen LogP contribution in [-0.4, -0.2) is 12.2 Å². The zero-order valence-electron chi connectivity index (χ0n) is 10.6. The summed E-state index contributed by atoms with van der Waals surface area (Å²) in [5.41, 5.74) is 10.4. The molecule has 0 fully saturated rings. The molecule has 0 aliphatic heterocycles. The predicted molar refractivity (Wildman–Crippen MR) is 81.1 cm³/mol. The first-order chi connectivity index (χ1) is 9.25. The Hall–Kier alpha value is -1.85. The normalized spacial score (nSPS) is 11.2. The van der Waals surface area contributed by atoms with Crippen LogP contribution in [0, 0.1) is 0 Å². The molecule has 0 aliphatic carbocycles. The molecule has 6 heteroatoms. The van der Waals surface area contributed by atoms with E-state index < -0.39 is 0 Å². The minimum Gasteiger partial charge on any atom is -1.00 e. The van der Waals surface area contributed by atoms with Crippen LogP contribution in [0.2, 0.25) is 0 Å². The number of guanidine groups is 1. The number of nitrogens with zero attached hydrogens (tertiary/aromatic N) is 1. The lowest BCUT2D eigenvalue weighted by atomic mass is 10.2. The van der Waals surface area contributed by atoms with Gasteiger partial charge in [-0.05, 0) is 18.2 Å². The summed E-state index contributed by atoms with van der Waals surface area (Å²) in [6.45, 7) is 0. The highest BCUT2D eigenvalue weighted by Crippen LogP contribution is 2.13. The van der Waals surface area contributed by atoms with E-state index in [0.29, 0.717) is 5.96 Å². The Morgan fingerprint density at radius 2 is 1.75 bits per heavy atom. The average molecular weight is 354 g/mol. The van der Waals surface area contributed by atoms with Gasteiger partial charge < -0.3 is 12.4 Å². The van der Waals surface area contributed by atoms with Crippen LogP contribution in [-0.2, 0) is 0 Å². The third-order valence-electron chi connectivity index (χ3n) is 2.35. The van der Waals surface area contributed by atoms with E-state index in [9.17, 15) is 0 Å². The Bertz CT molecular complexity index is 599. The van der Waals surface area contributed by atoms with Crippen molar-refractivity contribution in [1.82, 2.24) is 5.43 Å². The van der Waals surface area contributed by atoms with Crippen molar-refractivity contribution in [3.05, 3.63) is 64.6 Å². The third-order valence-corrected chi connectivity index (χ3v) is 3.07. The van der Waals surface area contributed by atoms with Crippen molar-refractivity contribution in [3.63, 3.8) is 0 Å². The highest BCUT2D eigenvalue weighted by molar-refractivity contribution is 9.10. The van der Waals surface area contributed by atoms with Gasteiger partial charge in [-0.3, -0.25) is 5.73 Å². The molecule has 0 aromatic heterocycles. The zero-order chi connectivity index (χ0) is 13.5. The first-order valence-electron chi connectivity index (χ1n) is 5.74. The fourth-order valence-corrected chi connectivity index (χ4v) is 1.84. The molecule has 2 aromatic rings. The van der Waals surface area contributed by atoms with Crippen molar-refractivity contribution in [1.29, 1.82) is 0 Å². The summed E-state index contributed by atoms with van der Waals surface area (Å²) < 4.78 is 0.982. The second kappa shape index (κ2) is 8.35. The van der Waals surface area contributed by atoms with Gasteiger partial charge in [0, 0.05) is 10.0 Å². The Morgan fingerprint density at radius 1 is 1.10 bits per heavy atom. The van der Waals surface area contributed by atoms with Crippen molar-refractivity contribution < 1.29 is 17.4 Å². The smallest absolute Gasteiger partial charge is 0.369 e. The summed E-state index contributed by atoms with van der Waals surface area (Å²) >= 11 is 3.44. The quantitative estimate of drug-likeness (QED) is 0.343. The maximum Gasteiger partial charge on any atom is 0.369 e. The second-order valence-corrected chi connectivity index (χ2v) is 4.65. The first-order valence-corrected chi connectivity index (χ1v) is 6.53. The molecule has 0 bridgehead atoms. The highest BCUT2D eigenvalue weighted by atomic mass is 79.9. The number of para-hydroxylation sites is 1. The van der Waals surface area contributed by atoms with E-state index in [-0.39, 0.29) is 12.4 Å². The molecule has 0 heterocycles. The van der Waals surface area contributed by atoms with Crippen molar-refractivity contribution in [2.75, 3.05) is 0 Å². The minimum absolute atomic E-state index is 0. The molecular formula is C14H14BrClN4. The molecule has 0 amide bonds. The van der Waals surface area contributed by atoms with E-state index in [1.165, 1.54) is 0 Å². The fraction of sp³-hybridized carbons (Fsp3) is 0. The van der Waals surface area contributed by atoms with Crippen LogP contribution in [0.1, 0.15) is 5.56 Å². The Morgan fingerprint density at radius 3 is 2.45 bits per heavy atom. The lowest BCUT2D eigenvalue weighted by Crippen LogP contribution is -3.00. The molecule has 104 valence electrons. The van der Waals surface area contributed by atoms with Gasteiger partial charge in [-0.2, -0.15) is 5.43 Å². The lowest BCUT2D eigenvalue weighted by Gasteiger charge is -1.96. The summed E-state index contributed by atoms with van der Waals surface area (Å²) in [7, 11) is 0. The molecule has 0 spiro atoms. The van der Waals surface area contributed by atoms with Gasteiger partial charge in [0.15, 0.2) is 0 Å². The number of hydrogen-bond acceptors (Lipinski definition) is 1. The topological polar surface area (TPSA) is 64.4 Å². The van der Waals surface area contributed by atoms with Gasteiger partial charge >= 0.3 is 5.96 Å². The van der Waals surface area contributed by atoms with Gasteiger partial charge in [-0.1, -0.05) is 52.3 Å². The number of halogens is 2. The summed E-state index contributed by atoms with van der Waals surface area (Å²) in [5, 5.41) is 4.07. The second-order valence-electron chi connectivity index (χ2n) is 3.80. The number of hydrazone groups is 1. The number of rotatable bonds is 3. The SMILES string of the molecule is NC(NN=Cc1ccccc1Br)=[NH+]c1ccccc1.[Cl-]. The maximum absolute atomic E-state index is 5.78. The average Bonchev–Trinajstić information content (AvgIpc) is 2.42. The molecule has 0 saturated carbocycles. The summed E-state index contributed by atoms with van der Waals surface area (Å²) in [4.78, 5) is 3.00.